The molecule has 1 atom stereocenters. The Labute approximate surface area is 179 Å². The number of halogens is 1. The number of pyridine rings is 1. The van der Waals surface area contributed by atoms with Gasteiger partial charge < -0.3 is 9.64 Å². The number of amides is 1. The molecule has 0 radical (unpaired) electrons. The van der Waals surface area contributed by atoms with Gasteiger partial charge in [-0.2, -0.15) is 0 Å². The Morgan fingerprint density at radius 3 is 2.77 bits per heavy atom. The van der Waals surface area contributed by atoms with Gasteiger partial charge >= 0.3 is 6.09 Å². The first kappa shape index (κ1) is 20.3. The maximum absolute atomic E-state index is 12.1. The van der Waals surface area contributed by atoms with Crippen LogP contribution in [0.5, 0.6) is 0 Å². The van der Waals surface area contributed by atoms with E-state index in [1.54, 1.807) is 30.2 Å². The van der Waals surface area contributed by atoms with Crippen LogP contribution in [0.4, 0.5) is 10.5 Å². The smallest absolute Gasteiger partial charge is 0.409 e. The summed E-state index contributed by atoms with van der Waals surface area (Å²) in [5.41, 5.74) is 3.15. The number of hydrogen-bond donors (Lipinski definition) is 0. The summed E-state index contributed by atoms with van der Waals surface area (Å²) in [6.07, 6.45) is 6.62. The van der Waals surface area contributed by atoms with Crippen molar-refractivity contribution in [2.45, 2.75) is 25.7 Å². The van der Waals surface area contributed by atoms with Crippen LogP contribution in [0.25, 0.3) is 12.2 Å². The van der Waals surface area contributed by atoms with Crippen molar-refractivity contribution in [2.75, 3.05) is 19.7 Å². The first-order valence-corrected chi connectivity index (χ1v) is 10.4. The molecule has 156 valence electrons. The molecular weight excluding hydrogens is 406 g/mol. The van der Waals surface area contributed by atoms with Gasteiger partial charge in [-0.25, -0.2) is 4.79 Å². The number of likely N-dealkylation sites (tertiary alicyclic amines) is 1. The Kier molecular flexibility index (Phi) is 5.72. The molecule has 1 unspecified atom stereocenters. The number of aromatic nitrogens is 1. The molecule has 4 rings (SSSR count). The highest BCUT2D eigenvalue weighted by atomic mass is 35.5. The van der Waals surface area contributed by atoms with E-state index in [-0.39, 0.29) is 28.6 Å². The van der Waals surface area contributed by atoms with Gasteiger partial charge in [-0.05, 0) is 55.0 Å². The van der Waals surface area contributed by atoms with Gasteiger partial charge in [-0.3, -0.25) is 15.1 Å². The molecule has 7 nitrogen and oxygen atoms in total. The summed E-state index contributed by atoms with van der Waals surface area (Å²) in [4.78, 5) is 29.8. The molecule has 2 aliphatic rings. The Hall–Kier alpha value is -2.93. The van der Waals surface area contributed by atoms with E-state index < -0.39 is 4.92 Å². The molecule has 0 bridgehead atoms. The Balaban J connectivity index is 1.75. The van der Waals surface area contributed by atoms with Crippen LogP contribution in [0.3, 0.4) is 0 Å². The molecule has 0 N–H and O–H groups in total. The van der Waals surface area contributed by atoms with Crippen LogP contribution in [-0.4, -0.2) is 40.6 Å². The third-order valence-corrected chi connectivity index (χ3v) is 6.16. The van der Waals surface area contributed by atoms with Crippen molar-refractivity contribution in [3.8, 4) is 0 Å². The molecular formula is C22H22ClN3O4. The van der Waals surface area contributed by atoms with Gasteiger partial charge in [0.2, 0.25) is 0 Å². The molecule has 1 amide bonds. The number of nitro groups is 1. The number of nitrogens with zero attached hydrogens (tertiary/aromatic N) is 3. The zero-order valence-corrected chi connectivity index (χ0v) is 17.3. The second-order valence-electron chi connectivity index (χ2n) is 7.47. The summed E-state index contributed by atoms with van der Waals surface area (Å²) < 4.78 is 5.12. The number of carbonyl (C=O) groups is 1. The first-order chi connectivity index (χ1) is 14.5. The molecule has 0 saturated carbocycles. The molecule has 1 saturated heterocycles. The molecule has 0 spiro atoms. The Bertz CT molecular complexity index is 1020. The van der Waals surface area contributed by atoms with Crippen molar-refractivity contribution < 1.29 is 14.5 Å². The number of hydrogen-bond acceptors (Lipinski definition) is 5. The standard InChI is InChI=1S/C22H22ClN3O4/c1-2-30-22(27)25-12-9-14(10-13-25)19-16-7-8-18(23)21(26(28)29)17(16)6-5-15-4-3-11-24-20(15)19/h3-8,11,14,19H,2,9-10,12-13H2,1H3. The lowest BCUT2D eigenvalue weighted by Gasteiger charge is -2.36. The van der Waals surface area contributed by atoms with E-state index >= 15 is 0 Å². The van der Waals surface area contributed by atoms with E-state index in [9.17, 15) is 14.9 Å². The molecule has 1 aromatic carbocycles. The fraction of sp³-hybridized carbons (Fsp3) is 0.364. The van der Waals surface area contributed by atoms with E-state index in [2.05, 4.69) is 4.98 Å². The van der Waals surface area contributed by atoms with Crippen molar-refractivity contribution in [3.63, 3.8) is 0 Å². The number of benzene rings is 1. The maximum atomic E-state index is 12.1. The highest BCUT2D eigenvalue weighted by molar-refractivity contribution is 6.33. The minimum atomic E-state index is -0.421. The van der Waals surface area contributed by atoms with E-state index in [1.807, 2.05) is 24.3 Å². The van der Waals surface area contributed by atoms with Gasteiger partial charge in [0.1, 0.15) is 5.02 Å². The second-order valence-corrected chi connectivity index (χ2v) is 7.88. The molecule has 2 aromatic rings. The lowest BCUT2D eigenvalue weighted by atomic mass is 9.76. The van der Waals surface area contributed by atoms with Gasteiger partial charge in [0.05, 0.1) is 22.8 Å². The maximum Gasteiger partial charge on any atom is 0.409 e. The minimum Gasteiger partial charge on any atom is -0.450 e. The number of fused-ring (bicyclic) bond motifs is 2. The number of piperidine rings is 1. The fourth-order valence-electron chi connectivity index (χ4n) is 4.49. The van der Waals surface area contributed by atoms with Crippen molar-refractivity contribution >= 4 is 35.5 Å². The monoisotopic (exact) mass is 427 g/mol. The SMILES string of the molecule is CCOC(=O)N1CCC(C2c3ccc(Cl)c([N+](=O)[O-])c3C=Cc3cccnc32)CC1. The lowest BCUT2D eigenvalue weighted by Crippen LogP contribution is -2.40. The first-order valence-electron chi connectivity index (χ1n) is 10.0. The van der Waals surface area contributed by atoms with Gasteiger partial charge in [0, 0.05) is 25.2 Å². The summed E-state index contributed by atoms with van der Waals surface area (Å²) >= 11 is 6.19. The van der Waals surface area contributed by atoms with Gasteiger partial charge in [-0.15, -0.1) is 0 Å². The molecule has 1 aromatic heterocycles. The second kappa shape index (κ2) is 8.44. The predicted octanol–water partition coefficient (Wildman–Crippen LogP) is 5.13. The highest BCUT2D eigenvalue weighted by Crippen LogP contribution is 2.46. The average Bonchev–Trinajstić information content (AvgIpc) is 2.90. The fourth-order valence-corrected chi connectivity index (χ4v) is 4.72. The third-order valence-electron chi connectivity index (χ3n) is 5.85. The molecule has 1 fully saturated rings. The van der Waals surface area contributed by atoms with Crippen molar-refractivity contribution in [1.29, 1.82) is 0 Å². The van der Waals surface area contributed by atoms with Crippen LogP contribution in [0.15, 0.2) is 30.5 Å². The minimum absolute atomic E-state index is 0.0767. The summed E-state index contributed by atoms with van der Waals surface area (Å²) in [5, 5.41) is 11.9. The normalized spacial score (nSPS) is 18.3. The van der Waals surface area contributed by atoms with E-state index in [1.165, 1.54) is 0 Å². The van der Waals surface area contributed by atoms with E-state index in [4.69, 9.17) is 16.3 Å². The van der Waals surface area contributed by atoms with Crippen LogP contribution in [0.1, 0.15) is 48.1 Å². The highest BCUT2D eigenvalue weighted by Gasteiger charge is 2.36. The zero-order chi connectivity index (χ0) is 21.3. The summed E-state index contributed by atoms with van der Waals surface area (Å²) in [6.45, 7) is 3.31. The molecule has 30 heavy (non-hydrogen) atoms. The van der Waals surface area contributed by atoms with Crippen molar-refractivity contribution in [2.24, 2.45) is 5.92 Å². The van der Waals surface area contributed by atoms with Crippen LogP contribution in [0, 0.1) is 16.0 Å². The predicted molar refractivity (Wildman–Crippen MR) is 114 cm³/mol. The zero-order valence-electron chi connectivity index (χ0n) is 16.6. The number of nitro benzene ring substituents is 1. The molecule has 2 heterocycles. The lowest BCUT2D eigenvalue weighted by molar-refractivity contribution is -0.385. The third kappa shape index (κ3) is 3.65. The van der Waals surface area contributed by atoms with Crippen LogP contribution in [-0.2, 0) is 4.74 Å². The number of ether oxygens (including phenoxy) is 1. The van der Waals surface area contributed by atoms with Crippen LogP contribution in [0.2, 0.25) is 5.02 Å². The summed E-state index contributed by atoms with van der Waals surface area (Å²) in [6, 6.07) is 7.31. The summed E-state index contributed by atoms with van der Waals surface area (Å²) in [7, 11) is 0. The quantitative estimate of drug-likeness (QED) is 0.500. The molecule has 8 heteroatoms. The van der Waals surface area contributed by atoms with Crippen molar-refractivity contribution in [1.82, 2.24) is 9.88 Å². The van der Waals surface area contributed by atoms with Crippen LogP contribution < -0.4 is 0 Å². The average molecular weight is 428 g/mol. The topological polar surface area (TPSA) is 85.6 Å². The number of rotatable bonds is 3. The van der Waals surface area contributed by atoms with Crippen molar-refractivity contribution in [3.05, 3.63) is 68.0 Å². The Morgan fingerprint density at radius 2 is 2.07 bits per heavy atom. The largest absolute Gasteiger partial charge is 0.450 e. The van der Waals surface area contributed by atoms with Crippen LogP contribution >= 0.6 is 11.6 Å². The van der Waals surface area contributed by atoms with Gasteiger partial charge in [0.15, 0.2) is 0 Å². The van der Waals surface area contributed by atoms with E-state index in [0.29, 0.717) is 25.3 Å². The van der Waals surface area contributed by atoms with Gasteiger partial charge in [-0.1, -0.05) is 29.8 Å². The molecule has 1 aliphatic heterocycles. The van der Waals surface area contributed by atoms with Gasteiger partial charge in [0.25, 0.3) is 5.69 Å². The molecule has 1 aliphatic carbocycles. The van der Waals surface area contributed by atoms with E-state index in [0.717, 1.165) is 29.7 Å². The summed E-state index contributed by atoms with van der Waals surface area (Å²) in [5.74, 6) is 0.0651. The number of carbonyl (C=O) groups excluding carboxylic acids is 1. The Morgan fingerprint density at radius 1 is 1.30 bits per heavy atom.